The van der Waals surface area contributed by atoms with Crippen LogP contribution in [0.3, 0.4) is 0 Å². The van der Waals surface area contributed by atoms with Crippen LogP contribution < -0.4 is 5.69 Å². The maximum Gasteiger partial charge on any atom is 0.343 e. The minimum atomic E-state index is -0.332. The van der Waals surface area contributed by atoms with Crippen LogP contribution in [0, 0.1) is 5.82 Å². The predicted molar refractivity (Wildman–Crippen MR) is 73.2 cm³/mol. The molecule has 0 radical (unpaired) electrons. The van der Waals surface area contributed by atoms with Crippen molar-refractivity contribution in [2.45, 2.75) is 19.5 Å². The van der Waals surface area contributed by atoms with Crippen LogP contribution in [0.4, 0.5) is 4.39 Å². The maximum atomic E-state index is 13.0. The number of hydrogen-bond acceptors (Lipinski definition) is 3. The lowest BCUT2D eigenvalue weighted by atomic mass is 10.2. The van der Waals surface area contributed by atoms with Gasteiger partial charge in [0.15, 0.2) is 0 Å². The zero-order chi connectivity index (χ0) is 14.1. The molecule has 3 rings (SSSR count). The number of H-pyrrole nitrogens is 1. The maximum absolute atomic E-state index is 13.0. The summed E-state index contributed by atoms with van der Waals surface area (Å²) >= 11 is 6.04. The predicted octanol–water partition coefficient (Wildman–Crippen LogP) is 1.42. The van der Waals surface area contributed by atoms with Crippen molar-refractivity contribution >= 4 is 11.6 Å². The average molecular weight is 297 g/mol. The molecule has 0 saturated heterocycles. The van der Waals surface area contributed by atoms with Crippen molar-refractivity contribution in [2.75, 3.05) is 13.1 Å². The average Bonchev–Trinajstić information content (AvgIpc) is 2.65. The van der Waals surface area contributed by atoms with Crippen LogP contribution in [0.25, 0.3) is 0 Å². The van der Waals surface area contributed by atoms with Gasteiger partial charge in [-0.05, 0) is 17.7 Å². The number of benzene rings is 1. The molecular formula is C13H14ClFN4O. The molecular weight excluding hydrogens is 283 g/mol. The SMILES string of the molecule is O=c1[nH]nc2n1CCN(Cc1ccc(F)cc1Cl)CC2. The molecule has 7 heteroatoms. The summed E-state index contributed by atoms with van der Waals surface area (Å²) < 4.78 is 14.7. The first-order valence-electron chi connectivity index (χ1n) is 6.44. The molecule has 0 aliphatic carbocycles. The third-order valence-electron chi connectivity index (χ3n) is 3.54. The molecule has 1 N–H and O–H groups in total. The number of aromatic nitrogens is 3. The molecule has 1 aliphatic heterocycles. The first-order valence-corrected chi connectivity index (χ1v) is 6.81. The van der Waals surface area contributed by atoms with Gasteiger partial charge in [0.05, 0.1) is 0 Å². The smallest absolute Gasteiger partial charge is 0.297 e. The van der Waals surface area contributed by atoms with E-state index in [0.29, 0.717) is 24.5 Å². The summed E-state index contributed by atoms with van der Waals surface area (Å²) in [5, 5.41) is 6.91. The van der Waals surface area contributed by atoms with Gasteiger partial charge in [0.2, 0.25) is 0 Å². The van der Waals surface area contributed by atoms with Crippen LogP contribution in [0.15, 0.2) is 23.0 Å². The first kappa shape index (κ1) is 13.3. The monoisotopic (exact) mass is 296 g/mol. The third kappa shape index (κ3) is 2.62. The highest BCUT2D eigenvalue weighted by Gasteiger charge is 2.17. The van der Waals surface area contributed by atoms with E-state index in [-0.39, 0.29) is 11.5 Å². The van der Waals surface area contributed by atoms with E-state index in [2.05, 4.69) is 15.1 Å². The molecule has 0 saturated carbocycles. The molecule has 1 aromatic carbocycles. The molecule has 1 aromatic heterocycles. The number of nitrogens with one attached hydrogen (secondary N) is 1. The number of nitrogens with zero attached hydrogens (tertiary/aromatic N) is 3. The summed E-state index contributed by atoms with van der Waals surface area (Å²) in [4.78, 5) is 13.7. The van der Waals surface area contributed by atoms with E-state index < -0.39 is 0 Å². The molecule has 5 nitrogen and oxygen atoms in total. The first-order chi connectivity index (χ1) is 9.63. The molecule has 2 heterocycles. The lowest BCUT2D eigenvalue weighted by Gasteiger charge is -2.20. The van der Waals surface area contributed by atoms with Crippen LogP contribution in [0.2, 0.25) is 5.02 Å². The molecule has 0 unspecified atom stereocenters. The zero-order valence-electron chi connectivity index (χ0n) is 10.8. The highest BCUT2D eigenvalue weighted by molar-refractivity contribution is 6.31. The topological polar surface area (TPSA) is 53.9 Å². The van der Waals surface area contributed by atoms with E-state index in [1.165, 1.54) is 12.1 Å². The van der Waals surface area contributed by atoms with Crippen molar-refractivity contribution < 1.29 is 4.39 Å². The van der Waals surface area contributed by atoms with Gasteiger partial charge in [-0.1, -0.05) is 17.7 Å². The molecule has 0 spiro atoms. The van der Waals surface area contributed by atoms with E-state index in [1.807, 2.05) is 0 Å². The molecule has 1 aliphatic rings. The summed E-state index contributed by atoms with van der Waals surface area (Å²) in [6.45, 7) is 2.77. The Hall–Kier alpha value is -1.66. The third-order valence-corrected chi connectivity index (χ3v) is 3.89. The van der Waals surface area contributed by atoms with Crippen LogP contribution >= 0.6 is 11.6 Å². The largest absolute Gasteiger partial charge is 0.343 e. The van der Waals surface area contributed by atoms with Crippen molar-refractivity contribution in [3.63, 3.8) is 0 Å². The van der Waals surface area contributed by atoms with Crippen molar-refractivity contribution in [3.8, 4) is 0 Å². The van der Waals surface area contributed by atoms with E-state index in [4.69, 9.17) is 11.6 Å². The molecule has 0 amide bonds. The van der Waals surface area contributed by atoms with Crippen molar-refractivity contribution in [1.82, 2.24) is 19.7 Å². The highest BCUT2D eigenvalue weighted by atomic mass is 35.5. The number of hydrogen-bond donors (Lipinski definition) is 1. The van der Waals surface area contributed by atoms with Crippen LogP contribution in [-0.2, 0) is 19.5 Å². The summed E-state index contributed by atoms with van der Waals surface area (Å²) in [5.41, 5.74) is 0.725. The van der Waals surface area contributed by atoms with Crippen LogP contribution in [0.1, 0.15) is 11.4 Å². The standard InChI is InChI=1S/C13H14ClFN4O/c14-11-7-10(15)2-1-9(11)8-18-4-3-12-16-17-13(20)19(12)6-5-18/h1-2,7H,3-6,8H2,(H,17,20). The Morgan fingerprint density at radius 3 is 3.00 bits per heavy atom. The second kappa shape index (κ2) is 5.38. The molecule has 0 fully saturated rings. The van der Waals surface area contributed by atoms with Gasteiger partial charge in [0, 0.05) is 37.6 Å². The number of fused-ring (bicyclic) bond motifs is 1. The normalized spacial score (nSPS) is 15.9. The van der Waals surface area contributed by atoms with E-state index in [9.17, 15) is 9.18 Å². The van der Waals surface area contributed by atoms with Gasteiger partial charge in [0.25, 0.3) is 0 Å². The lowest BCUT2D eigenvalue weighted by Crippen LogP contribution is -2.28. The van der Waals surface area contributed by atoms with E-state index >= 15 is 0 Å². The fourth-order valence-electron chi connectivity index (χ4n) is 2.43. The van der Waals surface area contributed by atoms with Crippen LogP contribution in [0.5, 0.6) is 0 Å². The fraction of sp³-hybridized carbons (Fsp3) is 0.385. The van der Waals surface area contributed by atoms with Gasteiger partial charge < -0.3 is 0 Å². The molecule has 106 valence electrons. The Kier molecular flexibility index (Phi) is 3.58. The van der Waals surface area contributed by atoms with Gasteiger partial charge in [-0.3, -0.25) is 9.47 Å². The van der Waals surface area contributed by atoms with Gasteiger partial charge >= 0.3 is 5.69 Å². The van der Waals surface area contributed by atoms with Gasteiger partial charge in [0.1, 0.15) is 11.6 Å². The van der Waals surface area contributed by atoms with Crippen LogP contribution in [-0.4, -0.2) is 32.8 Å². The Morgan fingerprint density at radius 2 is 2.20 bits per heavy atom. The summed E-state index contributed by atoms with van der Waals surface area (Å²) in [7, 11) is 0. The van der Waals surface area contributed by atoms with Crippen molar-refractivity contribution in [2.24, 2.45) is 0 Å². The van der Waals surface area contributed by atoms with Gasteiger partial charge in [-0.25, -0.2) is 14.3 Å². The highest BCUT2D eigenvalue weighted by Crippen LogP contribution is 2.19. The molecule has 0 bridgehead atoms. The Bertz CT molecular complexity index is 681. The number of halogens is 2. The van der Waals surface area contributed by atoms with Gasteiger partial charge in [-0.2, -0.15) is 5.10 Å². The summed E-state index contributed by atoms with van der Waals surface area (Å²) in [5.74, 6) is 0.448. The summed E-state index contributed by atoms with van der Waals surface area (Å²) in [6.07, 6.45) is 0.706. The van der Waals surface area contributed by atoms with E-state index in [0.717, 1.165) is 24.5 Å². The minimum absolute atomic E-state index is 0.165. The number of aromatic amines is 1. The number of rotatable bonds is 2. The van der Waals surface area contributed by atoms with Gasteiger partial charge in [-0.15, -0.1) is 0 Å². The van der Waals surface area contributed by atoms with E-state index in [1.54, 1.807) is 10.6 Å². The summed E-state index contributed by atoms with van der Waals surface area (Å²) in [6, 6.07) is 4.44. The zero-order valence-corrected chi connectivity index (χ0v) is 11.5. The molecule has 0 atom stereocenters. The van der Waals surface area contributed by atoms with Crippen molar-refractivity contribution in [3.05, 3.63) is 50.9 Å². The Balaban J connectivity index is 1.72. The Morgan fingerprint density at radius 1 is 1.35 bits per heavy atom. The molecule has 2 aromatic rings. The minimum Gasteiger partial charge on any atom is -0.297 e. The van der Waals surface area contributed by atoms with Crippen molar-refractivity contribution in [1.29, 1.82) is 0 Å². The Labute approximate surface area is 120 Å². The lowest BCUT2D eigenvalue weighted by molar-refractivity contribution is 0.270. The second-order valence-corrected chi connectivity index (χ2v) is 5.27. The second-order valence-electron chi connectivity index (χ2n) is 4.86. The fourth-order valence-corrected chi connectivity index (χ4v) is 2.66. The molecule has 20 heavy (non-hydrogen) atoms. The quantitative estimate of drug-likeness (QED) is 0.912.